The fraction of sp³-hybridized carbons (Fsp3) is 0.448. The predicted octanol–water partition coefficient (Wildman–Crippen LogP) is 4.41. The van der Waals surface area contributed by atoms with Crippen LogP contribution in [-0.2, 0) is 11.2 Å². The first-order valence-electron chi connectivity index (χ1n) is 12.9. The van der Waals surface area contributed by atoms with Gasteiger partial charge in [0.15, 0.2) is 5.43 Å². The third-order valence-corrected chi connectivity index (χ3v) is 6.96. The van der Waals surface area contributed by atoms with Crippen molar-refractivity contribution in [3.8, 4) is 5.75 Å². The Morgan fingerprint density at radius 3 is 2.61 bits per heavy atom. The summed E-state index contributed by atoms with van der Waals surface area (Å²) in [5.41, 5.74) is 2.66. The molecule has 3 aromatic rings. The van der Waals surface area contributed by atoms with E-state index in [4.69, 9.17) is 13.9 Å². The van der Waals surface area contributed by atoms with E-state index in [9.17, 15) is 9.59 Å². The van der Waals surface area contributed by atoms with E-state index in [1.54, 1.807) is 11.0 Å². The molecular weight excluding hydrogens is 456 g/mol. The number of morpholine rings is 1. The minimum Gasteiger partial charge on any atom is -0.491 e. The molecular formula is C29H34N2O5. The van der Waals surface area contributed by atoms with Crippen molar-refractivity contribution in [2.24, 2.45) is 0 Å². The maximum Gasteiger partial charge on any atom is 0.290 e. The number of nitrogens with zero attached hydrogens (tertiary/aromatic N) is 2. The second-order valence-corrected chi connectivity index (χ2v) is 9.81. The molecule has 1 atom stereocenters. The van der Waals surface area contributed by atoms with Crippen molar-refractivity contribution in [3.63, 3.8) is 0 Å². The van der Waals surface area contributed by atoms with Gasteiger partial charge in [0.2, 0.25) is 5.76 Å². The van der Waals surface area contributed by atoms with Crippen molar-refractivity contribution in [1.29, 1.82) is 0 Å². The van der Waals surface area contributed by atoms with Crippen LogP contribution in [0.5, 0.6) is 5.75 Å². The number of aryl methyl sites for hydroxylation is 1. The van der Waals surface area contributed by atoms with Crippen LogP contribution in [0, 0.1) is 0 Å². The quantitative estimate of drug-likeness (QED) is 0.466. The molecule has 190 valence electrons. The Kier molecular flexibility index (Phi) is 7.12. The smallest absolute Gasteiger partial charge is 0.290 e. The molecule has 0 aliphatic carbocycles. The normalized spacial score (nSPS) is 18.3. The number of hydrogen-bond donors (Lipinski definition) is 0. The topological polar surface area (TPSA) is 72.2 Å². The molecule has 2 aliphatic rings. The molecule has 1 fully saturated rings. The highest BCUT2D eigenvalue weighted by molar-refractivity contribution is 5.99. The first-order valence-corrected chi connectivity index (χ1v) is 12.9. The largest absolute Gasteiger partial charge is 0.491 e. The van der Waals surface area contributed by atoms with Gasteiger partial charge in [-0.1, -0.05) is 25.1 Å². The van der Waals surface area contributed by atoms with Gasteiger partial charge >= 0.3 is 0 Å². The highest BCUT2D eigenvalue weighted by Crippen LogP contribution is 2.39. The van der Waals surface area contributed by atoms with Crippen LogP contribution in [-0.4, -0.2) is 61.2 Å². The van der Waals surface area contributed by atoms with Gasteiger partial charge in [0.25, 0.3) is 5.91 Å². The number of amides is 1. The Hall–Kier alpha value is -3.16. The van der Waals surface area contributed by atoms with E-state index in [0.29, 0.717) is 23.1 Å². The highest BCUT2D eigenvalue weighted by atomic mass is 16.5. The summed E-state index contributed by atoms with van der Waals surface area (Å²) in [5.74, 6) is 0.643. The summed E-state index contributed by atoms with van der Waals surface area (Å²) >= 11 is 0. The van der Waals surface area contributed by atoms with Gasteiger partial charge in [-0.15, -0.1) is 0 Å². The van der Waals surface area contributed by atoms with Gasteiger partial charge in [0.05, 0.1) is 36.3 Å². The lowest BCUT2D eigenvalue weighted by molar-refractivity contribution is 0.0353. The SMILES string of the molecule is CCc1ccc2oc3c(c(=O)c2c1)C(c1cccc(OC(C)C)c1)N(CCCN1CCOCC1)C3=O. The molecule has 0 radical (unpaired) electrons. The zero-order valence-corrected chi connectivity index (χ0v) is 21.3. The van der Waals surface area contributed by atoms with E-state index in [2.05, 4.69) is 11.8 Å². The molecule has 0 spiro atoms. The number of carbonyl (C=O) groups is 1. The number of carbonyl (C=O) groups excluding carboxylic acids is 1. The number of ether oxygens (including phenoxy) is 2. The molecule has 3 heterocycles. The van der Waals surface area contributed by atoms with Gasteiger partial charge in [-0.2, -0.15) is 0 Å². The lowest BCUT2D eigenvalue weighted by Crippen LogP contribution is -2.38. The van der Waals surface area contributed by atoms with Crippen LogP contribution in [0.2, 0.25) is 0 Å². The third kappa shape index (κ3) is 4.77. The first kappa shape index (κ1) is 24.5. The Bertz CT molecular complexity index is 1310. The summed E-state index contributed by atoms with van der Waals surface area (Å²) < 4.78 is 17.5. The molecule has 2 aromatic carbocycles. The van der Waals surface area contributed by atoms with Gasteiger partial charge in [0.1, 0.15) is 11.3 Å². The van der Waals surface area contributed by atoms with Gasteiger partial charge in [-0.05, 0) is 62.1 Å². The minimum absolute atomic E-state index is 0.0175. The molecule has 36 heavy (non-hydrogen) atoms. The maximum absolute atomic E-state index is 13.9. The molecule has 2 aliphatic heterocycles. The molecule has 7 heteroatoms. The average molecular weight is 491 g/mol. The van der Waals surface area contributed by atoms with Crippen LogP contribution < -0.4 is 10.2 Å². The molecule has 1 aromatic heterocycles. The number of hydrogen-bond acceptors (Lipinski definition) is 6. The van der Waals surface area contributed by atoms with Crippen molar-refractivity contribution in [2.45, 2.75) is 45.8 Å². The molecule has 1 saturated heterocycles. The number of benzene rings is 2. The van der Waals surface area contributed by atoms with Gasteiger partial charge < -0.3 is 18.8 Å². The van der Waals surface area contributed by atoms with E-state index in [1.807, 2.05) is 50.2 Å². The summed E-state index contributed by atoms with van der Waals surface area (Å²) in [6.45, 7) is 10.7. The van der Waals surface area contributed by atoms with Crippen LogP contribution in [0.25, 0.3) is 11.0 Å². The molecule has 0 saturated carbocycles. The van der Waals surface area contributed by atoms with Crippen molar-refractivity contribution in [3.05, 3.63) is 75.1 Å². The van der Waals surface area contributed by atoms with E-state index < -0.39 is 6.04 Å². The fourth-order valence-electron chi connectivity index (χ4n) is 5.18. The summed E-state index contributed by atoms with van der Waals surface area (Å²) in [6.07, 6.45) is 1.63. The molecule has 7 nitrogen and oxygen atoms in total. The first-order chi connectivity index (χ1) is 17.5. The standard InChI is InChI=1S/C29H34N2O5/c1-4-20-9-10-24-23(17-20)27(32)25-26(21-7-5-8-22(18-21)35-19(2)3)31(29(33)28(25)36-24)12-6-11-30-13-15-34-16-14-30/h5,7-10,17-19,26H,4,6,11-16H2,1-3H3. The van der Waals surface area contributed by atoms with Crippen molar-refractivity contribution in [1.82, 2.24) is 9.80 Å². The number of rotatable bonds is 8. The van der Waals surface area contributed by atoms with Gasteiger partial charge in [-0.3, -0.25) is 14.5 Å². The molecule has 0 N–H and O–H groups in total. The van der Waals surface area contributed by atoms with Crippen molar-refractivity contribution < 1.29 is 18.7 Å². The zero-order valence-electron chi connectivity index (χ0n) is 21.3. The summed E-state index contributed by atoms with van der Waals surface area (Å²) in [7, 11) is 0. The van der Waals surface area contributed by atoms with Crippen LogP contribution in [0.15, 0.2) is 51.7 Å². The Labute approximate surface area is 211 Å². The highest BCUT2D eigenvalue weighted by Gasteiger charge is 2.42. The van der Waals surface area contributed by atoms with Crippen molar-refractivity contribution >= 4 is 16.9 Å². The van der Waals surface area contributed by atoms with E-state index >= 15 is 0 Å². The Morgan fingerprint density at radius 2 is 1.86 bits per heavy atom. The maximum atomic E-state index is 13.9. The number of fused-ring (bicyclic) bond motifs is 2. The molecule has 1 unspecified atom stereocenters. The second kappa shape index (κ2) is 10.4. The van der Waals surface area contributed by atoms with E-state index in [0.717, 1.165) is 62.6 Å². The van der Waals surface area contributed by atoms with E-state index in [-0.39, 0.29) is 23.2 Å². The summed E-state index contributed by atoms with van der Waals surface area (Å²) in [6, 6.07) is 12.8. The molecule has 5 rings (SSSR count). The predicted molar refractivity (Wildman–Crippen MR) is 139 cm³/mol. The Balaban J connectivity index is 1.55. The zero-order chi connectivity index (χ0) is 25.2. The molecule has 1 amide bonds. The minimum atomic E-state index is -0.515. The lowest BCUT2D eigenvalue weighted by atomic mass is 9.97. The van der Waals surface area contributed by atoms with Crippen LogP contribution in [0.4, 0.5) is 0 Å². The molecule has 0 bridgehead atoms. The van der Waals surface area contributed by atoms with Crippen LogP contribution >= 0.6 is 0 Å². The summed E-state index contributed by atoms with van der Waals surface area (Å²) in [5, 5.41) is 0.524. The van der Waals surface area contributed by atoms with Crippen LogP contribution in [0.3, 0.4) is 0 Å². The summed E-state index contributed by atoms with van der Waals surface area (Å²) in [4.78, 5) is 31.7. The van der Waals surface area contributed by atoms with Crippen LogP contribution in [0.1, 0.15) is 60.5 Å². The second-order valence-electron chi connectivity index (χ2n) is 9.81. The average Bonchev–Trinajstić information content (AvgIpc) is 3.16. The van der Waals surface area contributed by atoms with Gasteiger partial charge in [0, 0.05) is 26.2 Å². The van der Waals surface area contributed by atoms with Crippen molar-refractivity contribution in [2.75, 3.05) is 39.4 Å². The van der Waals surface area contributed by atoms with Gasteiger partial charge in [-0.25, -0.2) is 0 Å². The third-order valence-electron chi connectivity index (χ3n) is 6.96. The fourth-order valence-corrected chi connectivity index (χ4v) is 5.18. The monoisotopic (exact) mass is 490 g/mol. The Morgan fingerprint density at radius 1 is 1.06 bits per heavy atom. The van der Waals surface area contributed by atoms with E-state index in [1.165, 1.54) is 0 Å². The lowest BCUT2D eigenvalue weighted by Gasteiger charge is -2.29.